The lowest BCUT2D eigenvalue weighted by molar-refractivity contribution is -0.138. The summed E-state index contributed by atoms with van der Waals surface area (Å²) in [6, 6.07) is 4.11. The van der Waals surface area contributed by atoms with E-state index in [1.807, 2.05) is 0 Å². The van der Waals surface area contributed by atoms with E-state index in [0.29, 0.717) is 11.3 Å². The number of aromatic nitrogens is 2. The van der Waals surface area contributed by atoms with Gasteiger partial charge in [0.15, 0.2) is 5.95 Å². The molecule has 0 atom stereocenters. The van der Waals surface area contributed by atoms with Crippen LogP contribution in [-0.2, 0) is 6.18 Å². The Morgan fingerprint density at radius 3 is 2.53 bits per heavy atom. The number of benzene rings is 1. The average molecular weight is 241 g/mol. The summed E-state index contributed by atoms with van der Waals surface area (Å²) in [5, 5.41) is 0. The number of H-pyrrole nitrogens is 1. The second-order valence-corrected chi connectivity index (χ2v) is 3.71. The zero-order chi connectivity index (χ0) is 12.6. The number of aryl methyl sites for hydroxylation is 1. The van der Waals surface area contributed by atoms with Crippen molar-refractivity contribution >= 4 is 5.95 Å². The summed E-state index contributed by atoms with van der Waals surface area (Å²) >= 11 is 0. The molecule has 0 unspecified atom stereocenters. The highest BCUT2D eigenvalue weighted by Crippen LogP contribution is 2.34. The number of aromatic amines is 1. The van der Waals surface area contributed by atoms with Gasteiger partial charge in [-0.15, -0.1) is 0 Å². The number of alkyl halides is 3. The first kappa shape index (κ1) is 11.5. The van der Waals surface area contributed by atoms with E-state index in [1.165, 1.54) is 19.2 Å². The first-order valence-corrected chi connectivity index (χ1v) is 4.86. The van der Waals surface area contributed by atoms with Crippen LogP contribution in [0.1, 0.15) is 11.1 Å². The fourth-order valence-electron chi connectivity index (χ4n) is 1.58. The fraction of sp³-hybridized carbons (Fsp3) is 0.182. The van der Waals surface area contributed by atoms with Crippen LogP contribution in [0.3, 0.4) is 0 Å². The minimum absolute atomic E-state index is 0.175. The predicted octanol–water partition coefficient (Wildman–Crippen LogP) is 2.99. The molecule has 3 nitrogen and oxygen atoms in total. The first-order chi connectivity index (χ1) is 7.88. The van der Waals surface area contributed by atoms with Crippen LogP contribution in [0.25, 0.3) is 11.3 Å². The molecule has 2 aromatic rings. The van der Waals surface area contributed by atoms with Gasteiger partial charge in [-0.2, -0.15) is 13.2 Å². The zero-order valence-corrected chi connectivity index (χ0v) is 8.97. The van der Waals surface area contributed by atoms with Gasteiger partial charge in [-0.1, -0.05) is 12.1 Å². The molecule has 3 N–H and O–H groups in total. The highest BCUT2D eigenvalue weighted by atomic mass is 19.4. The molecule has 90 valence electrons. The largest absolute Gasteiger partial charge is 0.416 e. The van der Waals surface area contributed by atoms with E-state index in [2.05, 4.69) is 9.97 Å². The molecule has 1 aromatic heterocycles. The second kappa shape index (κ2) is 3.80. The molecule has 0 aliphatic rings. The maximum Gasteiger partial charge on any atom is 0.416 e. The number of nitrogens with one attached hydrogen (secondary N) is 1. The molecule has 0 aliphatic carbocycles. The summed E-state index contributed by atoms with van der Waals surface area (Å²) < 4.78 is 38.1. The van der Waals surface area contributed by atoms with E-state index in [-0.39, 0.29) is 11.5 Å². The molecule has 1 aromatic carbocycles. The van der Waals surface area contributed by atoms with E-state index in [1.54, 1.807) is 6.07 Å². The Balaban J connectivity index is 2.51. The summed E-state index contributed by atoms with van der Waals surface area (Å²) in [7, 11) is 0. The van der Waals surface area contributed by atoms with Crippen molar-refractivity contribution in [2.24, 2.45) is 0 Å². The average Bonchev–Trinajstić information content (AvgIpc) is 2.64. The zero-order valence-electron chi connectivity index (χ0n) is 8.97. The number of nitrogens with zero attached hydrogens (tertiary/aromatic N) is 1. The summed E-state index contributed by atoms with van der Waals surface area (Å²) in [4.78, 5) is 6.44. The monoisotopic (exact) mass is 241 g/mol. The summed E-state index contributed by atoms with van der Waals surface area (Å²) in [6.07, 6.45) is -2.95. The molecule has 0 saturated heterocycles. The topological polar surface area (TPSA) is 54.7 Å². The lowest BCUT2D eigenvalue weighted by atomic mass is 10.0. The molecular weight excluding hydrogens is 231 g/mol. The van der Waals surface area contributed by atoms with Crippen LogP contribution in [0, 0.1) is 6.92 Å². The number of halogens is 3. The van der Waals surface area contributed by atoms with E-state index < -0.39 is 11.7 Å². The third kappa shape index (κ3) is 2.25. The number of rotatable bonds is 1. The SMILES string of the molecule is Cc1ccc(-c2cnc(N)[nH]2)cc1C(F)(F)F. The minimum Gasteiger partial charge on any atom is -0.369 e. The Morgan fingerprint density at radius 1 is 1.29 bits per heavy atom. The Kier molecular flexibility index (Phi) is 2.57. The lowest BCUT2D eigenvalue weighted by Gasteiger charge is -2.11. The molecule has 0 saturated carbocycles. The van der Waals surface area contributed by atoms with Gasteiger partial charge < -0.3 is 10.7 Å². The van der Waals surface area contributed by atoms with Crippen LogP contribution in [0.2, 0.25) is 0 Å². The van der Waals surface area contributed by atoms with E-state index in [0.717, 1.165) is 6.07 Å². The molecule has 6 heteroatoms. The van der Waals surface area contributed by atoms with Crippen molar-refractivity contribution in [1.29, 1.82) is 0 Å². The Hall–Kier alpha value is -1.98. The smallest absolute Gasteiger partial charge is 0.369 e. The number of anilines is 1. The van der Waals surface area contributed by atoms with Gasteiger partial charge in [0.25, 0.3) is 0 Å². The van der Waals surface area contributed by atoms with E-state index >= 15 is 0 Å². The Labute approximate surface area is 95.5 Å². The molecule has 0 radical (unpaired) electrons. The van der Waals surface area contributed by atoms with Crippen molar-refractivity contribution < 1.29 is 13.2 Å². The summed E-state index contributed by atoms with van der Waals surface area (Å²) in [5.74, 6) is 0.175. The third-order valence-corrected chi connectivity index (χ3v) is 2.45. The minimum atomic E-state index is -4.36. The molecule has 0 fully saturated rings. The highest BCUT2D eigenvalue weighted by Gasteiger charge is 2.32. The van der Waals surface area contributed by atoms with Crippen LogP contribution in [0.5, 0.6) is 0 Å². The van der Waals surface area contributed by atoms with Crippen molar-refractivity contribution in [3.8, 4) is 11.3 Å². The van der Waals surface area contributed by atoms with Crippen molar-refractivity contribution in [3.05, 3.63) is 35.5 Å². The molecule has 17 heavy (non-hydrogen) atoms. The van der Waals surface area contributed by atoms with Crippen LogP contribution < -0.4 is 5.73 Å². The second-order valence-electron chi connectivity index (χ2n) is 3.71. The van der Waals surface area contributed by atoms with E-state index in [9.17, 15) is 13.2 Å². The van der Waals surface area contributed by atoms with Gasteiger partial charge in [0, 0.05) is 5.56 Å². The van der Waals surface area contributed by atoms with Crippen LogP contribution >= 0.6 is 0 Å². The predicted molar refractivity (Wildman–Crippen MR) is 58.2 cm³/mol. The van der Waals surface area contributed by atoms with Gasteiger partial charge >= 0.3 is 6.18 Å². The normalized spacial score (nSPS) is 11.8. The Morgan fingerprint density at radius 2 is 2.00 bits per heavy atom. The van der Waals surface area contributed by atoms with Crippen molar-refractivity contribution in [3.63, 3.8) is 0 Å². The number of hydrogen-bond acceptors (Lipinski definition) is 2. The lowest BCUT2D eigenvalue weighted by Crippen LogP contribution is -2.07. The van der Waals surface area contributed by atoms with Gasteiger partial charge in [0.2, 0.25) is 0 Å². The summed E-state index contributed by atoms with van der Waals surface area (Å²) in [5.41, 5.74) is 5.79. The van der Waals surface area contributed by atoms with Crippen molar-refractivity contribution in [2.45, 2.75) is 13.1 Å². The fourth-order valence-corrected chi connectivity index (χ4v) is 1.58. The van der Waals surface area contributed by atoms with Gasteiger partial charge in [-0.05, 0) is 18.6 Å². The number of hydrogen-bond donors (Lipinski definition) is 2. The third-order valence-electron chi connectivity index (χ3n) is 2.45. The van der Waals surface area contributed by atoms with Crippen molar-refractivity contribution in [2.75, 3.05) is 5.73 Å². The van der Waals surface area contributed by atoms with Gasteiger partial charge in [0.05, 0.1) is 17.5 Å². The number of imidazole rings is 1. The van der Waals surface area contributed by atoms with Crippen molar-refractivity contribution in [1.82, 2.24) is 9.97 Å². The number of nitrogens with two attached hydrogens (primary N) is 1. The number of nitrogen functional groups attached to an aromatic ring is 1. The van der Waals surface area contributed by atoms with Crippen LogP contribution in [0.4, 0.5) is 19.1 Å². The highest BCUT2D eigenvalue weighted by molar-refractivity contribution is 5.62. The molecule has 1 heterocycles. The van der Waals surface area contributed by atoms with Crippen LogP contribution in [-0.4, -0.2) is 9.97 Å². The maximum absolute atomic E-state index is 12.7. The van der Waals surface area contributed by atoms with E-state index in [4.69, 9.17) is 5.73 Å². The molecule has 0 spiro atoms. The standard InChI is InChI=1S/C11H10F3N3/c1-6-2-3-7(4-8(6)11(12,13)14)9-5-16-10(15)17-9/h2-5H,1H3,(H3,15,16,17). The molecule has 0 amide bonds. The van der Waals surface area contributed by atoms with Gasteiger partial charge in [-0.3, -0.25) is 0 Å². The van der Waals surface area contributed by atoms with Gasteiger partial charge in [0.1, 0.15) is 0 Å². The molecule has 2 rings (SSSR count). The maximum atomic E-state index is 12.7. The first-order valence-electron chi connectivity index (χ1n) is 4.86. The van der Waals surface area contributed by atoms with Crippen LogP contribution in [0.15, 0.2) is 24.4 Å². The molecule has 0 bridgehead atoms. The van der Waals surface area contributed by atoms with Gasteiger partial charge in [-0.25, -0.2) is 4.98 Å². The quantitative estimate of drug-likeness (QED) is 0.806. The molecular formula is C11H10F3N3. The Bertz CT molecular complexity index is 543. The molecule has 0 aliphatic heterocycles. The summed E-state index contributed by atoms with van der Waals surface area (Å²) in [6.45, 7) is 1.42.